The van der Waals surface area contributed by atoms with Gasteiger partial charge in [0.05, 0.1) is 22.8 Å². The van der Waals surface area contributed by atoms with Crippen LogP contribution in [0.15, 0.2) is 16.6 Å². The zero-order valence-corrected chi connectivity index (χ0v) is 14.1. The molecule has 3 N–H and O–H groups in total. The van der Waals surface area contributed by atoms with Gasteiger partial charge in [-0.1, -0.05) is 31.4 Å². The lowest BCUT2D eigenvalue weighted by Gasteiger charge is -2.16. The summed E-state index contributed by atoms with van der Waals surface area (Å²) in [4.78, 5) is 12.0. The normalized spacial score (nSPS) is 12.1. The van der Waals surface area contributed by atoms with Crippen molar-refractivity contribution >= 4 is 39.1 Å². The standard InChI is InChI=1S/C14H20BrClN2O2/c1-3-5-6-11(17)14(19)18-12-8-9(16)7-10(15)13(12)20-4-2/h7-8,11H,3-6,17H2,1-2H3,(H,18,19). The molecule has 0 aliphatic heterocycles. The Hall–Kier alpha value is -0.780. The van der Waals surface area contributed by atoms with Gasteiger partial charge in [-0.25, -0.2) is 0 Å². The minimum atomic E-state index is -0.526. The van der Waals surface area contributed by atoms with E-state index in [2.05, 4.69) is 28.2 Å². The molecule has 0 bridgehead atoms. The van der Waals surface area contributed by atoms with Crippen LogP contribution in [0.3, 0.4) is 0 Å². The molecule has 0 radical (unpaired) electrons. The summed E-state index contributed by atoms with van der Waals surface area (Å²) < 4.78 is 6.22. The molecule has 1 aromatic rings. The Kier molecular flexibility index (Phi) is 7.34. The van der Waals surface area contributed by atoms with Gasteiger partial charge >= 0.3 is 0 Å². The van der Waals surface area contributed by atoms with Crippen LogP contribution in [0.2, 0.25) is 5.02 Å². The summed E-state index contributed by atoms with van der Waals surface area (Å²) in [7, 11) is 0. The van der Waals surface area contributed by atoms with E-state index < -0.39 is 6.04 Å². The number of carbonyl (C=O) groups is 1. The fraction of sp³-hybridized carbons (Fsp3) is 0.500. The molecule has 0 aliphatic carbocycles. The van der Waals surface area contributed by atoms with Crippen LogP contribution in [0.1, 0.15) is 33.1 Å². The number of carbonyl (C=O) groups excluding carboxylic acids is 1. The molecule has 0 fully saturated rings. The van der Waals surface area contributed by atoms with Gasteiger partial charge in [0.15, 0.2) is 5.75 Å². The lowest BCUT2D eigenvalue weighted by molar-refractivity contribution is -0.117. The van der Waals surface area contributed by atoms with Gasteiger partial charge in [-0.15, -0.1) is 0 Å². The van der Waals surface area contributed by atoms with E-state index in [9.17, 15) is 4.79 Å². The van der Waals surface area contributed by atoms with Gasteiger partial charge in [0.25, 0.3) is 0 Å². The minimum absolute atomic E-state index is 0.228. The van der Waals surface area contributed by atoms with Gasteiger partial charge < -0.3 is 15.8 Å². The summed E-state index contributed by atoms with van der Waals surface area (Å²) in [6, 6.07) is 2.85. The number of rotatable bonds is 7. The first-order valence-corrected chi connectivity index (χ1v) is 7.85. The van der Waals surface area contributed by atoms with Crippen molar-refractivity contribution in [3.05, 3.63) is 21.6 Å². The highest BCUT2D eigenvalue weighted by Crippen LogP contribution is 2.36. The minimum Gasteiger partial charge on any atom is -0.491 e. The second kappa shape index (κ2) is 8.49. The van der Waals surface area contributed by atoms with Crippen LogP contribution in [0.5, 0.6) is 5.75 Å². The quantitative estimate of drug-likeness (QED) is 0.770. The molecule has 1 amide bonds. The summed E-state index contributed by atoms with van der Waals surface area (Å²) in [6.45, 7) is 4.43. The van der Waals surface area contributed by atoms with Crippen LogP contribution >= 0.6 is 27.5 Å². The van der Waals surface area contributed by atoms with E-state index in [0.717, 1.165) is 12.8 Å². The Morgan fingerprint density at radius 3 is 2.80 bits per heavy atom. The summed E-state index contributed by atoms with van der Waals surface area (Å²) in [5, 5.41) is 3.29. The van der Waals surface area contributed by atoms with Crippen molar-refractivity contribution in [3.63, 3.8) is 0 Å². The highest BCUT2D eigenvalue weighted by Gasteiger charge is 2.17. The number of hydrogen-bond donors (Lipinski definition) is 2. The van der Waals surface area contributed by atoms with Gasteiger partial charge in [-0.3, -0.25) is 4.79 Å². The predicted molar refractivity (Wildman–Crippen MR) is 86.5 cm³/mol. The zero-order chi connectivity index (χ0) is 15.1. The number of unbranched alkanes of at least 4 members (excludes halogenated alkanes) is 1. The molecule has 0 aliphatic rings. The van der Waals surface area contributed by atoms with Gasteiger partial charge in [0, 0.05) is 5.02 Å². The molecule has 0 saturated carbocycles. The van der Waals surface area contributed by atoms with Gasteiger partial charge in [0.2, 0.25) is 5.91 Å². The lowest BCUT2D eigenvalue weighted by atomic mass is 10.1. The average Bonchev–Trinajstić information content (AvgIpc) is 2.39. The molecule has 0 saturated heterocycles. The van der Waals surface area contributed by atoms with Crippen molar-refractivity contribution in [1.82, 2.24) is 0 Å². The second-order valence-corrected chi connectivity index (χ2v) is 5.73. The number of halogens is 2. The first-order valence-electron chi connectivity index (χ1n) is 6.67. The van der Waals surface area contributed by atoms with Gasteiger partial charge in [-0.05, 0) is 41.4 Å². The highest BCUT2D eigenvalue weighted by molar-refractivity contribution is 9.10. The third-order valence-electron chi connectivity index (χ3n) is 2.76. The summed E-state index contributed by atoms with van der Waals surface area (Å²) in [6.07, 6.45) is 2.59. The van der Waals surface area contributed by atoms with E-state index in [0.29, 0.717) is 34.0 Å². The molecule has 1 unspecified atom stereocenters. The van der Waals surface area contributed by atoms with E-state index in [1.54, 1.807) is 12.1 Å². The Morgan fingerprint density at radius 1 is 1.50 bits per heavy atom. The van der Waals surface area contributed by atoms with Crippen molar-refractivity contribution in [2.75, 3.05) is 11.9 Å². The number of anilines is 1. The molecular weight excluding hydrogens is 344 g/mol. The van der Waals surface area contributed by atoms with Crippen molar-refractivity contribution in [3.8, 4) is 5.75 Å². The largest absolute Gasteiger partial charge is 0.491 e. The maximum Gasteiger partial charge on any atom is 0.241 e. The van der Waals surface area contributed by atoms with Gasteiger partial charge in [0.1, 0.15) is 0 Å². The van der Waals surface area contributed by atoms with Crippen molar-refractivity contribution in [2.45, 2.75) is 39.2 Å². The third kappa shape index (κ3) is 4.96. The van der Waals surface area contributed by atoms with Crippen LogP contribution < -0.4 is 15.8 Å². The van der Waals surface area contributed by atoms with E-state index in [1.165, 1.54) is 0 Å². The van der Waals surface area contributed by atoms with Crippen LogP contribution in [-0.4, -0.2) is 18.6 Å². The Labute approximate surface area is 133 Å². The topological polar surface area (TPSA) is 64.4 Å². The molecule has 6 heteroatoms. The summed E-state index contributed by atoms with van der Waals surface area (Å²) >= 11 is 9.38. The fourth-order valence-corrected chi connectivity index (χ4v) is 2.65. The van der Waals surface area contributed by atoms with E-state index >= 15 is 0 Å². The lowest BCUT2D eigenvalue weighted by Crippen LogP contribution is -2.35. The molecular formula is C14H20BrClN2O2. The van der Waals surface area contributed by atoms with E-state index in [4.69, 9.17) is 22.1 Å². The monoisotopic (exact) mass is 362 g/mol. The van der Waals surface area contributed by atoms with Crippen molar-refractivity contribution in [2.24, 2.45) is 5.73 Å². The SMILES string of the molecule is CCCCC(N)C(=O)Nc1cc(Cl)cc(Br)c1OCC. The molecule has 20 heavy (non-hydrogen) atoms. The number of nitrogens with two attached hydrogens (primary N) is 1. The summed E-state index contributed by atoms with van der Waals surface area (Å²) in [5.74, 6) is 0.335. The predicted octanol–water partition coefficient (Wildman–Crippen LogP) is 3.96. The van der Waals surface area contributed by atoms with Crippen LogP contribution in [0.25, 0.3) is 0 Å². The molecule has 0 spiro atoms. The molecule has 0 heterocycles. The number of nitrogens with one attached hydrogen (secondary N) is 1. The average molecular weight is 364 g/mol. The first kappa shape index (κ1) is 17.3. The summed E-state index contributed by atoms with van der Waals surface area (Å²) in [5.41, 5.74) is 6.38. The van der Waals surface area contributed by atoms with E-state index in [1.807, 2.05) is 6.92 Å². The maximum absolute atomic E-state index is 12.0. The zero-order valence-electron chi connectivity index (χ0n) is 11.7. The number of hydrogen-bond acceptors (Lipinski definition) is 3. The van der Waals surface area contributed by atoms with Crippen molar-refractivity contribution < 1.29 is 9.53 Å². The number of benzene rings is 1. The van der Waals surface area contributed by atoms with Crippen LogP contribution in [-0.2, 0) is 4.79 Å². The number of ether oxygens (including phenoxy) is 1. The molecule has 4 nitrogen and oxygen atoms in total. The molecule has 112 valence electrons. The van der Waals surface area contributed by atoms with E-state index in [-0.39, 0.29) is 5.91 Å². The van der Waals surface area contributed by atoms with Crippen molar-refractivity contribution in [1.29, 1.82) is 0 Å². The van der Waals surface area contributed by atoms with Crippen LogP contribution in [0, 0.1) is 0 Å². The Morgan fingerprint density at radius 2 is 2.20 bits per heavy atom. The molecule has 1 atom stereocenters. The third-order valence-corrected chi connectivity index (χ3v) is 3.57. The smallest absolute Gasteiger partial charge is 0.241 e. The molecule has 1 aromatic carbocycles. The highest BCUT2D eigenvalue weighted by atomic mass is 79.9. The van der Waals surface area contributed by atoms with Crippen LogP contribution in [0.4, 0.5) is 5.69 Å². The molecule has 1 rings (SSSR count). The second-order valence-electron chi connectivity index (χ2n) is 4.44. The molecule has 0 aromatic heterocycles. The Balaban J connectivity index is 2.87. The first-order chi connectivity index (χ1) is 9.49. The number of amides is 1. The fourth-order valence-electron chi connectivity index (χ4n) is 1.72. The van der Waals surface area contributed by atoms with Gasteiger partial charge in [-0.2, -0.15) is 0 Å². The Bertz CT molecular complexity index is 469. The maximum atomic E-state index is 12.0.